The van der Waals surface area contributed by atoms with Crippen molar-refractivity contribution in [1.82, 2.24) is 9.21 Å². The summed E-state index contributed by atoms with van der Waals surface area (Å²) in [6, 6.07) is -1.18. The molecular formula is C16H28N2O6S. The summed E-state index contributed by atoms with van der Waals surface area (Å²) in [7, 11) is -1.94. The van der Waals surface area contributed by atoms with Crippen LogP contribution in [0.5, 0.6) is 0 Å². The van der Waals surface area contributed by atoms with E-state index in [1.54, 1.807) is 6.92 Å². The number of nitrogens with zero attached hydrogens (tertiary/aromatic N) is 2. The largest absolute Gasteiger partial charge is 0.481 e. The summed E-state index contributed by atoms with van der Waals surface area (Å²) >= 11 is 0. The molecule has 144 valence electrons. The zero-order chi connectivity index (χ0) is 18.6. The molecule has 0 saturated carbocycles. The molecule has 0 aromatic rings. The van der Waals surface area contributed by atoms with Gasteiger partial charge in [-0.05, 0) is 25.7 Å². The Morgan fingerprint density at radius 1 is 1.28 bits per heavy atom. The molecule has 2 aliphatic heterocycles. The number of sulfonamides is 1. The second-order valence-corrected chi connectivity index (χ2v) is 8.82. The Hall–Kier alpha value is -1.19. The Kier molecular flexibility index (Phi) is 6.81. The maximum Gasteiger partial charge on any atom is 0.305 e. The van der Waals surface area contributed by atoms with E-state index in [-0.39, 0.29) is 24.2 Å². The van der Waals surface area contributed by atoms with Gasteiger partial charge < -0.3 is 14.7 Å². The predicted octanol–water partition coefficient (Wildman–Crippen LogP) is 0.671. The molecule has 9 heteroatoms. The summed E-state index contributed by atoms with van der Waals surface area (Å²) in [5.74, 6) is -1.24. The van der Waals surface area contributed by atoms with Crippen LogP contribution in [0.25, 0.3) is 0 Å². The Labute approximate surface area is 149 Å². The maximum atomic E-state index is 13.1. The van der Waals surface area contributed by atoms with Crippen LogP contribution in [-0.4, -0.2) is 78.7 Å². The number of carboxylic acids is 1. The second-order valence-electron chi connectivity index (χ2n) is 6.77. The fraction of sp³-hybridized carbons (Fsp3) is 0.875. The highest BCUT2D eigenvalue weighted by Crippen LogP contribution is 2.28. The number of likely N-dealkylation sites (tertiary alicyclic amines) is 1. The zero-order valence-corrected chi connectivity index (χ0v) is 15.7. The fourth-order valence-electron chi connectivity index (χ4n) is 3.76. The predicted molar refractivity (Wildman–Crippen MR) is 91.6 cm³/mol. The molecule has 2 fully saturated rings. The Bertz CT molecular complexity index is 593. The summed E-state index contributed by atoms with van der Waals surface area (Å²) in [6.07, 6.45) is 2.61. The standard InChI is InChI=1S/C16H28N2O6S/c1-3-8-25(22,23)18-7-5-4-6-14(18)16(21)17-11-13(24-2)9-12(17)10-15(19)20/h12-14H,3-11H2,1-2H3,(H,19,20). The van der Waals surface area contributed by atoms with Gasteiger partial charge >= 0.3 is 5.97 Å². The summed E-state index contributed by atoms with van der Waals surface area (Å²) in [4.78, 5) is 25.7. The number of piperidine rings is 1. The van der Waals surface area contributed by atoms with Gasteiger partial charge in [0.15, 0.2) is 0 Å². The van der Waals surface area contributed by atoms with E-state index in [1.165, 1.54) is 16.3 Å². The van der Waals surface area contributed by atoms with Gasteiger partial charge in [-0.25, -0.2) is 8.42 Å². The number of aliphatic carboxylic acids is 1. The van der Waals surface area contributed by atoms with E-state index >= 15 is 0 Å². The average molecular weight is 376 g/mol. The molecule has 0 spiro atoms. The first-order chi connectivity index (χ1) is 11.8. The van der Waals surface area contributed by atoms with Crippen LogP contribution in [0.3, 0.4) is 0 Å². The van der Waals surface area contributed by atoms with Crippen LogP contribution in [0.1, 0.15) is 45.4 Å². The van der Waals surface area contributed by atoms with Crippen LogP contribution in [0, 0.1) is 0 Å². The lowest BCUT2D eigenvalue weighted by Gasteiger charge is -2.37. The smallest absolute Gasteiger partial charge is 0.305 e. The van der Waals surface area contributed by atoms with Gasteiger partial charge in [0.1, 0.15) is 6.04 Å². The third-order valence-corrected chi connectivity index (χ3v) is 7.04. The second kappa shape index (κ2) is 8.46. The molecule has 3 unspecified atom stereocenters. The number of amides is 1. The van der Waals surface area contributed by atoms with E-state index in [0.29, 0.717) is 32.4 Å². The van der Waals surface area contributed by atoms with Crippen molar-refractivity contribution in [3.63, 3.8) is 0 Å². The maximum absolute atomic E-state index is 13.1. The van der Waals surface area contributed by atoms with Crippen molar-refractivity contribution >= 4 is 21.9 Å². The van der Waals surface area contributed by atoms with Crippen molar-refractivity contribution in [2.24, 2.45) is 0 Å². The number of carbonyl (C=O) groups excluding carboxylic acids is 1. The van der Waals surface area contributed by atoms with Gasteiger partial charge in [0.25, 0.3) is 0 Å². The van der Waals surface area contributed by atoms with Crippen molar-refractivity contribution in [1.29, 1.82) is 0 Å². The van der Waals surface area contributed by atoms with Gasteiger partial charge in [-0.2, -0.15) is 4.31 Å². The highest BCUT2D eigenvalue weighted by Gasteiger charge is 2.43. The van der Waals surface area contributed by atoms with E-state index in [2.05, 4.69) is 0 Å². The summed E-state index contributed by atoms with van der Waals surface area (Å²) in [6.45, 7) is 2.46. The van der Waals surface area contributed by atoms with Crippen LogP contribution in [-0.2, 0) is 24.3 Å². The Morgan fingerprint density at radius 2 is 2.00 bits per heavy atom. The number of methoxy groups -OCH3 is 1. The lowest BCUT2D eigenvalue weighted by molar-refractivity contribution is -0.141. The van der Waals surface area contributed by atoms with Gasteiger partial charge in [-0.1, -0.05) is 13.3 Å². The third kappa shape index (κ3) is 4.71. The normalized spacial score (nSPS) is 28.2. The lowest BCUT2D eigenvalue weighted by Crippen LogP contribution is -2.54. The minimum atomic E-state index is -3.48. The number of hydrogen-bond acceptors (Lipinski definition) is 5. The zero-order valence-electron chi connectivity index (χ0n) is 14.9. The van der Waals surface area contributed by atoms with E-state index in [0.717, 1.165) is 12.8 Å². The number of hydrogen-bond donors (Lipinski definition) is 1. The highest BCUT2D eigenvalue weighted by atomic mass is 32.2. The Morgan fingerprint density at radius 3 is 2.60 bits per heavy atom. The van der Waals surface area contributed by atoms with Crippen molar-refractivity contribution in [2.75, 3.05) is 26.0 Å². The van der Waals surface area contributed by atoms with Crippen LogP contribution in [0.15, 0.2) is 0 Å². The highest BCUT2D eigenvalue weighted by molar-refractivity contribution is 7.89. The molecule has 0 aromatic heterocycles. The monoisotopic (exact) mass is 376 g/mol. The van der Waals surface area contributed by atoms with Gasteiger partial charge in [-0.15, -0.1) is 0 Å². The molecule has 2 heterocycles. The van der Waals surface area contributed by atoms with Crippen LogP contribution >= 0.6 is 0 Å². The molecule has 0 aromatic carbocycles. The van der Waals surface area contributed by atoms with Gasteiger partial charge in [0.05, 0.1) is 18.3 Å². The van der Waals surface area contributed by atoms with Crippen LogP contribution < -0.4 is 0 Å². The van der Waals surface area contributed by atoms with Crippen molar-refractivity contribution in [3.05, 3.63) is 0 Å². The molecule has 0 bridgehead atoms. The Balaban J connectivity index is 2.21. The molecule has 0 aliphatic carbocycles. The van der Waals surface area contributed by atoms with Gasteiger partial charge in [0, 0.05) is 26.2 Å². The van der Waals surface area contributed by atoms with Crippen LogP contribution in [0.4, 0.5) is 0 Å². The van der Waals surface area contributed by atoms with E-state index < -0.39 is 28.1 Å². The summed E-state index contributed by atoms with van der Waals surface area (Å²) < 4.78 is 31.7. The third-order valence-electron chi connectivity index (χ3n) is 4.96. The van der Waals surface area contributed by atoms with E-state index in [9.17, 15) is 18.0 Å². The number of carbonyl (C=O) groups is 2. The topological polar surface area (TPSA) is 104 Å². The molecule has 3 atom stereocenters. The van der Waals surface area contributed by atoms with Gasteiger partial charge in [0.2, 0.25) is 15.9 Å². The molecule has 0 radical (unpaired) electrons. The fourth-order valence-corrected chi connectivity index (χ4v) is 5.50. The summed E-state index contributed by atoms with van der Waals surface area (Å²) in [5, 5.41) is 9.11. The minimum Gasteiger partial charge on any atom is -0.481 e. The van der Waals surface area contributed by atoms with Crippen molar-refractivity contribution in [2.45, 2.75) is 63.6 Å². The molecule has 8 nitrogen and oxygen atoms in total. The van der Waals surface area contributed by atoms with E-state index in [4.69, 9.17) is 9.84 Å². The molecular weight excluding hydrogens is 348 g/mol. The average Bonchev–Trinajstić information content (AvgIpc) is 2.96. The van der Waals surface area contributed by atoms with Crippen LogP contribution in [0.2, 0.25) is 0 Å². The molecule has 2 saturated heterocycles. The lowest BCUT2D eigenvalue weighted by atomic mass is 10.0. The molecule has 25 heavy (non-hydrogen) atoms. The summed E-state index contributed by atoms with van der Waals surface area (Å²) in [5.41, 5.74) is 0. The number of ether oxygens (including phenoxy) is 1. The minimum absolute atomic E-state index is 0.0238. The van der Waals surface area contributed by atoms with E-state index in [1.807, 2.05) is 0 Å². The first-order valence-electron chi connectivity index (χ1n) is 8.84. The SMILES string of the molecule is CCCS(=O)(=O)N1CCCCC1C(=O)N1CC(OC)CC1CC(=O)O. The first-order valence-corrected chi connectivity index (χ1v) is 10.5. The van der Waals surface area contributed by atoms with Gasteiger partial charge in [-0.3, -0.25) is 9.59 Å². The quantitative estimate of drug-likeness (QED) is 0.700. The first kappa shape index (κ1) is 20.1. The molecule has 1 N–H and O–H groups in total. The van der Waals surface area contributed by atoms with Crippen molar-refractivity contribution < 1.29 is 27.9 Å². The molecule has 2 rings (SSSR count). The number of carboxylic acid groups (broad SMARTS) is 1. The molecule has 2 aliphatic rings. The number of rotatable bonds is 7. The molecule has 1 amide bonds. The van der Waals surface area contributed by atoms with Crippen molar-refractivity contribution in [3.8, 4) is 0 Å².